The summed E-state index contributed by atoms with van der Waals surface area (Å²) in [5.41, 5.74) is 5.24. The largest absolute Gasteiger partial charge is 0.396 e. The standard InChI is InChI=1S/C7H17NO2/c8-5-1-3-7(10)4-2-6-9/h7,9-10H,1-6,8H2. The fraction of sp³-hybridized carbons (Fsp3) is 1.00. The third kappa shape index (κ3) is 6.01. The van der Waals surface area contributed by atoms with Crippen LogP contribution in [0.4, 0.5) is 0 Å². The summed E-state index contributed by atoms with van der Waals surface area (Å²) in [4.78, 5) is 0. The maximum absolute atomic E-state index is 9.14. The molecule has 1 unspecified atom stereocenters. The van der Waals surface area contributed by atoms with Gasteiger partial charge >= 0.3 is 0 Å². The van der Waals surface area contributed by atoms with E-state index in [1.54, 1.807) is 0 Å². The predicted octanol–water partition coefficient (Wildman–Crippen LogP) is -0.141. The monoisotopic (exact) mass is 147 g/mol. The number of aliphatic hydroxyl groups excluding tert-OH is 2. The fourth-order valence-corrected chi connectivity index (χ4v) is 0.825. The summed E-state index contributed by atoms with van der Waals surface area (Å²) in [6.07, 6.45) is 2.74. The highest BCUT2D eigenvalue weighted by molar-refractivity contribution is 4.55. The molecule has 0 saturated carbocycles. The van der Waals surface area contributed by atoms with Crippen LogP contribution < -0.4 is 5.73 Å². The highest BCUT2D eigenvalue weighted by Crippen LogP contribution is 2.02. The van der Waals surface area contributed by atoms with Gasteiger partial charge in [-0.15, -0.1) is 0 Å². The van der Waals surface area contributed by atoms with Gasteiger partial charge < -0.3 is 15.9 Å². The summed E-state index contributed by atoms with van der Waals surface area (Å²) in [7, 11) is 0. The molecule has 0 aliphatic carbocycles. The summed E-state index contributed by atoms with van der Waals surface area (Å²) >= 11 is 0. The lowest BCUT2D eigenvalue weighted by atomic mass is 10.1. The average Bonchev–Trinajstić information content (AvgIpc) is 1.97. The average molecular weight is 147 g/mol. The number of nitrogens with two attached hydrogens (primary N) is 1. The Morgan fingerprint density at radius 1 is 1.20 bits per heavy atom. The van der Waals surface area contributed by atoms with Gasteiger partial charge in [0.2, 0.25) is 0 Å². The van der Waals surface area contributed by atoms with Crippen LogP contribution >= 0.6 is 0 Å². The Kier molecular flexibility index (Phi) is 6.91. The molecule has 0 rings (SSSR count). The van der Waals surface area contributed by atoms with E-state index in [9.17, 15) is 0 Å². The minimum atomic E-state index is -0.268. The van der Waals surface area contributed by atoms with Crippen LogP contribution in [-0.2, 0) is 0 Å². The summed E-state index contributed by atoms with van der Waals surface area (Å²) < 4.78 is 0. The Balaban J connectivity index is 3.00. The van der Waals surface area contributed by atoms with E-state index >= 15 is 0 Å². The van der Waals surface area contributed by atoms with E-state index < -0.39 is 0 Å². The van der Waals surface area contributed by atoms with Gasteiger partial charge in [0.05, 0.1) is 6.10 Å². The molecule has 0 aromatic heterocycles. The van der Waals surface area contributed by atoms with Crippen LogP contribution in [0.2, 0.25) is 0 Å². The second-order valence-electron chi connectivity index (χ2n) is 2.45. The van der Waals surface area contributed by atoms with Crippen molar-refractivity contribution in [3.05, 3.63) is 0 Å². The molecule has 3 nitrogen and oxygen atoms in total. The van der Waals surface area contributed by atoms with Crippen LogP contribution in [0.5, 0.6) is 0 Å². The van der Waals surface area contributed by atoms with Crippen LogP contribution in [0.3, 0.4) is 0 Å². The van der Waals surface area contributed by atoms with Gasteiger partial charge in [-0.05, 0) is 32.2 Å². The first-order valence-electron chi connectivity index (χ1n) is 3.80. The van der Waals surface area contributed by atoms with Gasteiger partial charge in [0.25, 0.3) is 0 Å². The molecule has 0 spiro atoms. The molecule has 0 bridgehead atoms. The van der Waals surface area contributed by atoms with E-state index in [1.807, 2.05) is 0 Å². The summed E-state index contributed by atoms with van der Waals surface area (Å²) in [6, 6.07) is 0. The molecule has 0 radical (unpaired) electrons. The van der Waals surface area contributed by atoms with Crippen LogP contribution in [0.15, 0.2) is 0 Å². The molecule has 1 atom stereocenters. The second kappa shape index (κ2) is 6.99. The maximum Gasteiger partial charge on any atom is 0.0541 e. The van der Waals surface area contributed by atoms with Crippen LogP contribution in [0.1, 0.15) is 25.7 Å². The minimum Gasteiger partial charge on any atom is -0.396 e. The molecule has 10 heavy (non-hydrogen) atoms. The summed E-state index contributed by atoms with van der Waals surface area (Å²) in [5.74, 6) is 0. The number of hydrogen-bond donors (Lipinski definition) is 3. The smallest absolute Gasteiger partial charge is 0.0541 e. The number of aliphatic hydroxyl groups is 2. The van der Waals surface area contributed by atoms with Crippen LogP contribution in [0, 0.1) is 0 Å². The molecule has 0 aliphatic rings. The topological polar surface area (TPSA) is 66.5 Å². The third-order valence-electron chi connectivity index (χ3n) is 1.44. The van der Waals surface area contributed by atoms with Gasteiger partial charge in [0, 0.05) is 6.61 Å². The quantitative estimate of drug-likeness (QED) is 0.490. The first-order valence-corrected chi connectivity index (χ1v) is 3.80. The highest BCUT2D eigenvalue weighted by Gasteiger charge is 2.01. The lowest BCUT2D eigenvalue weighted by Crippen LogP contribution is -2.10. The van der Waals surface area contributed by atoms with Crippen molar-refractivity contribution in [2.75, 3.05) is 13.2 Å². The van der Waals surface area contributed by atoms with Crippen molar-refractivity contribution in [2.24, 2.45) is 5.73 Å². The van der Waals surface area contributed by atoms with Gasteiger partial charge in [0.1, 0.15) is 0 Å². The lowest BCUT2D eigenvalue weighted by molar-refractivity contribution is 0.139. The Hall–Kier alpha value is -0.120. The van der Waals surface area contributed by atoms with Crippen molar-refractivity contribution in [3.63, 3.8) is 0 Å². The van der Waals surface area contributed by atoms with Crippen molar-refractivity contribution >= 4 is 0 Å². The van der Waals surface area contributed by atoms with Crippen LogP contribution in [-0.4, -0.2) is 29.5 Å². The Labute approximate surface area is 61.9 Å². The van der Waals surface area contributed by atoms with Crippen molar-refractivity contribution in [2.45, 2.75) is 31.8 Å². The summed E-state index contributed by atoms with van der Waals surface area (Å²) in [6.45, 7) is 0.801. The van der Waals surface area contributed by atoms with Crippen LogP contribution in [0.25, 0.3) is 0 Å². The van der Waals surface area contributed by atoms with Crippen molar-refractivity contribution in [1.82, 2.24) is 0 Å². The first-order chi connectivity index (χ1) is 4.81. The third-order valence-corrected chi connectivity index (χ3v) is 1.44. The Morgan fingerprint density at radius 2 is 1.80 bits per heavy atom. The van der Waals surface area contributed by atoms with Gasteiger partial charge in [-0.3, -0.25) is 0 Å². The SMILES string of the molecule is NCCCC(O)CCCO. The Morgan fingerprint density at radius 3 is 2.30 bits per heavy atom. The second-order valence-corrected chi connectivity index (χ2v) is 2.45. The van der Waals surface area contributed by atoms with Gasteiger partial charge in [-0.25, -0.2) is 0 Å². The zero-order valence-electron chi connectivity index (χ0n) is 6.29. The zero-order chi connectivity index (χ0) is 7.82. The molecular formula is C7H17NO2. The van der Waals surface area contributed by atoms with Crippen molar-refractivity contribution in [3.8, 4) is 0 Å². The minimum absolute atomic E-state index is 0.166. The van der Waals surface area contributed by atoms with E-state index in [1.165, 1.54) is 0 Å². The molecule has 0 saturated heterocycles. The molecule has 0 amide bonds. The van der Waals surface area contributed by atoms with E-state index in [4.69, 9.17) is 15.9 Å². The van der Waals surface area contributed by atoms with Gasteiger partial charge in [-0.2, -0.15) is 0 Å². The highest BCUT2D eigenvalue weighted by atomic mass is 16.3. The normalized spacial score (nSPS) is 13.5. The molecule has 0 heterocycles. The molecule has 0 aromatic carbocycles. The molecule has 0 aromatic rings. The van der Waals surface area contributed by atoms with E-state index in [2.05, 4.69) is 0 Å². The molecule has 62 valence electrons. The van der Waals surface area contributed by atoms with E-state index in [0.717, 1.165) is 12.8 Å². The molecule has 4 N–H and O–H groups in total. The lowest BCUT2D eigenvalue weighted by Gasteiger charge is -2.07. The fourth-order valence-electron chi connectivity index (χ4n) is 0.825. The number of hydrogen-bond acceptors (Lipinski definition) is 3. The maximum atomic E-state index is 9.14. The molecule has 0 aliphatic heterocycles. The van der Waals surface area contributed by atoms with Crippen molar-refractivity contribution < 1.29 is 10.2 Å². The van der Waals surface area contributed by atoms with E-state index in [-0.39, 0.29) is 12.7 Å². The first kappa shape index (κ1) is 9.88. The summed E-state index contributed by atoms with van der Waals surface area (Å²) in [5, 5.41) is 17.5. The molecular weight excluding hydrogens is 130 g/mol. The zero-order valence-corrected chi connectivity index (χ0v) is 6.29. The van der Waals surface area contributed by atoms with Crippen molar-refractivity contribution in [1.29, 1.82) is 0 Å². The number of rotatable bonds is 6. The van der Waals surface area contributed by atoms with Gasteiger partial charge in [-0.1, -0.05) is 0 Å². The van der Waals surface area contributed by atoms with E-state index in [0.29, 0.717) is 19.4 Å². The predicted molar refractivity (Wildman–Crippen MR) is 40.6 cm³/mol. The Bertz CT molecular complexity index is 60.6. The molecule has 0 fully saturated rings. The molecule has 3 heteroatoms. The van der Waals surface area contributed by atoms with Gasteiger partial charge in [0.15, 0.2) is 0 Å².